The van der Waals surface area contributed by atoms with Crippen LogP contribution in [0.1, 0.15) is 41.6 Å². The maximum absolute atomic E-state index is 13.1. The van der Waals surface area contributed by atoms with Crippen LogP contribution in [0.2, 0.25) is 0 Å². The summed E-state index contributed by atoms with van der Waals surface area (Å²) in [6.45, 7) is 4.78. The number of hydrogen-bond donors (Lipinski definition) is 1. The Labute approximate surface area is 193 Å². The number of Topliss-reactive ketones (excluding diaryl/α,β-unsaturated/α-hetero) is 1. The molecule has 0 saturated carbocycles. The van der Waals surface area contributed by atoms with Gasteiger partial charge in [0.25, 0.3) is 11.7 Å². The zero-order valence-corrected chi connectivity index (χ0v) is 18.7. The van der Waals surface area contributed by atoms with Gasteiger partial charge in [0.15, 0.2) is 0 Å². The largest absolute Gasteiger partial charge is 0.507 e. The highest BCUT2D eigenvalue weighted by molar-refractivity contribution is 6.46. The van der Waals surface area contributed by atoms with Gasteiger partial charge in [-0.1, -0.05) is 55.0 Å². The summed E-state index contributed by atoms with van der Waals surface area (Å²) in [6.07, 6.45) is 4.21. The molecule has 0 spiro atoms. The summed E-state index contributed by atoms with van der Waals surface area (Å²) in [5, 5.41) is 11.1. The fourth-order valence-corrected chi connectivity index (χ4v) is 3.91. The molecule has 1 N–H and O–H groups in total. The van der Waals surface area contributed by atoms with Crippen molar-refractivity contribution in [2.75, 3.05) is 6.61 Å². The molecule has 1 atom stereocenters. The Hall–Kier alpha value is -3.93. The Kier molecular flexibility index (Phi) is 6.54. The Morgan fingerprint density at radius 1 is 1.06 bits per heavy atom. The van der Waals surface area contributed by atoms with E-state index in [0.29, 0.717) is 17.9 Å². The van der Waals surface area contributed by atoms with Crippen molar-refractivity contribution >= 4 is 17.4 Å². The number of nitrogens with zero attached hydrogens (tertiary/aromatic N) is 2. The number of carbonyl (C=O) groups is 2. The van der Waals surface area contributed by atoms with Gasteiger partial charge in [0, 0.05) is 24.5 Å². The third-order valence-corrected chi connectivity index (χ3v) is 5.61. The number of carbonyl (C=O) groups excluding carboxylic acids is 2. The molecule has 1 aromatic heterocycles. The monoisotopic (exact) mass is 442 g/mol. The third kappa shape index (κ3) is 4.65. The van der Waals surface area contributed by atoms with Gasteiger partial charge >= 0.3 is 0 Å². The highest BCUT2D eigenvalue weighted by Gasteiger charge is 2.46. The number of amides is 1. The summed E-state index contributed by atoms with van der Waals surface area (Å²) in [6, 6.07) is 17.4. The van der Waals surface area contributed by atoms with Crippen molar-refractivity contribution in [3.05, 3.63) is 101 Å². The number of benzene rings is 2. The van der Waals surface area contributed by atoms with Gasteiger partial charge in [-0.3, -0.25) is 14.6 Å². The van der Waals surface area contributed by atoms with E-state index in [1.165, 1.54) is 4.90 Å². The van der Waals surface area contributed by atoms with Crippen LogP contribution in [-0.4, -0.2) is 33.3 Å². The van der Waals surface area contributed by atoms with Crippen LogP contribution in [0.15, 0.2) is 78.6 Å². The molecule has 33 heavy (non-hydrogen) atoms. The third-order valence-electron chi connectivity index (χ3n) is 5.61. The predicted octanol–water partition coefficient (Wildman–Crippen LogP) is 4.80. The molecule has 0 aliphatic carbocycles. The first-order valence-electron chi connectivity index (χ1n) is 11.0. The molecule has 1 amide bonds. The fourth-order valence-electron chi connectivity index (χ4n) is 3.91. The van der Waals surface area contributed by atoms with E-state index in [1.54, 1.807) is 30.6 Å². The first-order valence-corrected chi connectivity index (χ1v) is 11.0. The Morgan fingerprint density at radius 2 is 1.79 bits per heavy atom. The fraction of sp³-hybridized carbons (Fsp3) is 0.222. The number of ketones is 1. The lowest BCUT2D eigenvalue weighted by atomic mass is 9.95. The molecule has 168 valence electrons. The van der Waals surface area contributed by atoms with Gasteiger partial charge in [0.05, 0.1) is 18.2 Å². The molecule has 3 aromatic rings. The second-order valence-electron chi connectivity index (χ2n) is 8.07. The minimum absolute atomic E-state index is 0.0787. The Balaban J connectivity index is 1.80. The minimum Gasteiger partial charge on any atom is -0.507 e. The summed E-state index contributed by atoms with van der Waals surface area (Å²) in [5.74, 6) is -0.821. The molecule has 1 aliphatic rings. The minimum atomic E-state index is -0.730. The van der Waals surface area contributed by atoms with Gasteiger partial charge < -0.3 is 14.7 Å². The summed E-state index contributed by atoms with van der Waals surface area (Å²) in [4.78, 5) is 31.8. The standard InChI is InChI=1S/C27H26N2O4/c1-3-15-33-22-12-10-20(11-13-22)24-23(25(30)21-8-6-18(2)7-9-21)26(31)27(32)29(24)17-19-5-4-14-28-16-19/h4-14,16,24,30H,3,15,17H2,1-2H3/t24-/m1/s1. The van der Waals surface area contributed by atoms with Gasteiger partial charge in [-0.2, -0.15) is 0 Å². The van der Waals surface area contributed by atoms with E-state index >= 15 is 0 Å². The quantitative estimate of drug-likeness (QED) is 0.323. The lowest BCUT2D eigenvalue weighted by Gasteiger charge is -2.25. The average molecular weight is 443 g/mol. The topological polar surface area (TPSA) is 79.7 Å². The van der Waals surface area contributed by atoms with Gasteiger partial charge in [-0.25, -0.2) is 0 Å². The number of pyridine rings is 1. The molecule has 2 heterocycles. The molecule has 6 nitrogen and oxygen atoms in total. The second kappa shape index (κ2) is 9.69. The van der Waals surface area contributed by atoms with Crippen molar-refractivity contribution in [1.29, 1.82) is 0 Å². The van der Waals surface area contributed by atoms with Crippen LogP contribution >= 0.6 is 0 Å². The van der Waals surface area contributed by atoms with Gasteiger partial charge in [0.1, 0.15) is 11.5 Å². The molecule has 0 bridgehead atoms. The summed E-state index contributed by atoms with van der Waals surface area (Å²) < 4.78 is 5.68. The number of likely N-dealkylation sites (tertiary alicyclic amines) is 1. The highest BCUT2D eigenvalue weighted by Crippen LogP contribution is 2.40. The molecule has 6 heteroatoms. The summed E-state index contributed by atoms with van der Waals surface area (Å²) in [5.41, 5.74) is 3.11. The average Bonchev–Trinajstić information content (AvgIpc) is 3.08. The van der Waals surface area contributed by atoms with Crippen LogP contribution in [0, 0.1) is 6.92 Å². The maximum atomic E-state index is 13.1. The molecule has 2 aromatic carbocycles. The van der Waals surface area contributed by atoms with Crippen molar-refractivity contribution in [1.82, 2.24) is 9.88 Å². The van der Waals surface area contributed by atoms with Crippen molar-refractivity contribution in [2.24, 2.45) is 0 Å². The number of aromatic nitrogens is 1. The van der Waals surface area contributed by atoms with E-state index in [0.717, 1.165) is 23.1 Å². The zero-order chi connectivity index (χ0) is 23.4. The molecular formula is C27H26N2O4. The molecular weight excluding hydrogens is 416 g/mol. The van der Waals surface area contributed by atoms with E-state index in [-0.39, 0.29) is 17.9 Å². The zero-order valence-electron chi connectivity index (χ0n) is 18.7. The van der Waals surface area contributed by atoms with Crippen LogP contribution < -0.4 is 4.74 Å². The van der Waals surface area contributed by atoms with E-state index < -0.39 is 17.7 Å². The van der Waals surface area contributed by atoms with Crippen LogP contribution in [-0.2, 0) is 16.1 Å². The lowest BCUT2D eigenvalue weighted by Crippen LogP contribution is -2.29. The number of ether oxygens (including phenoxy) is 1. The molecule has 1 fully saturated rings. The Morgan fingerprint density at radius 3 is 2.42 bits per heavy atom. The highest BCUT2D eigenvalue weighted by atomic mass is 16.5. The van der Waals surface area contributed by atoms with Crippen molar-refractivity contribution in [3.8, 4) is 5.75 Å². The van der Waals surface area contributed by atoms with Crippen LogP contribution in [0.25, 0.3) is 5.76 Å². The van der Waals surface area contributed by atoms with Crippen LogP contribution in [0.4, 0.5) is 0 Å². The summed E-state index contributed by atoms with van der Waals surface area (Å²) in [7, 11) is 0. The first kappa shape index (κ1) is 22.3. The van der Waals surface area contributed by atoms with Gasteiger partial charge in [-0.05, 0) is 42.7 Å². The van der Waals surface area contributed by atoms with Gasteiger partial charge in [-0.15, -0.1) is 0 Å². The number of aliphatic hydroxyl groups excluding tert-OH is 1. The molecule has 0 unspecified atom stereocenters. The van der Waals surface area contributed by atoms with Crippen molar-refractivity contribution in [2.45, 2.75) is 32.9 Å². The van der Waals surface area contributed by atoms with Crippen LogP contribution in [0.3, 0.4) is 0 Å². The number of hydrogen-bond acceptors (Lipinski definition) is 5. The first-order chi connectivity index (χ1) is 16.0. The SMILES string of the molecule is CCCOc1ccc([C@@H]2C(=C(O)c3ccc(C)cc3)C(=O)C(=O)N2Cc2cccnc2)cc1. The van der Waals surface area contributed by atoms with Crippen LogP contribution in [0.5, 0.6) is 5.75 Å². The molecule has 1 aliphatic heterocycles. The molecule has 4 rings (SSSR count). The normalized spacial score (nSPS) is 17.4. The van der Waals surface area contributed by atoms with Crippen molar-refractivity contribution < 1.29 is 19.4 Å². The second-order valence-corrected chi connectivity index (χ2v) is 8.07. The van der Waals surface area contributed by atoms with Gasteiger partial charge in [0.2, 0.25) is 0 Å². The molecule has 0 radical (unpaired) electrons. The van der Waals surface area contributed by atoms with Crippen molar-refractivity contribution in [3.63, 3.8) is 0 Å². The Bertz CT molecular complexity index is 1170. The van der Waals surface area contributed by atoms with E-state index in [4.69, 9.17) is 4.74 Å². The van der Waals surface area contributed by atoms with E-state index in [1.807, 2.05) is 56.3 Å². The number of aliphatic hydroxyl groups is 1. The van der Waals surface area contributed by atoms with E-state index in [2.05, 4.69) is 4.98 Å². The predicted molar refractivity (Wildman–Crippen MR) is 125 cm³/mol. The smallest absolute Gasteiger partial charge is 0.295 e. The molecule has 1 saturated heterocycles. The number of rotatable bonds is 7. The number of aryl methyl sites for hydroxylation is 1. The van der Waals surface area contributed by atoms with E-state index in [9.17, 15) is 14.7 Å². The maximum Gasteiger partial charge on any atom is 0.295 e. The lowest BCUT2D eigenvalue weighted by molar-refractivity contribution is -0.140. The summed E-state index contributed by atoms with van der Waals surface area (Å²) >= 11 is 0.